The van der Waals surface area contributed by atoms with Crippen molar-refractivity contribution in [1.82, 2.24) is 0 Å². The first kappa shape index (κ1) is 42.2. The van der Waals surface area contributed by atoms with Crippen LogP contribution in [0.2, 0.25) is 0 Å². The third-order valence-corrected chi connectivity index (χ3v) is 13.5. The van der Waals surface area contributed by atoms with Gasteiger partial charge in [0.1, 0.15) is 23.9 Å². The lowest BCUT2D eigenvalue weighted by Crippen LogP contribution is -2.64. The zero-order chi connectivity index (χ0) is 42.2. The maximum absolute atomic E-state index is 11.3. The first-order valence-corrected chi connectivity index (χ1v) is 22.1. The average Bonchev–Trinajstić information content (AvgIpc) is 3.28. The highest BCUT2D eigenvalue weighted by Gasteiger charge is 2.64. The van der Waals surface area contributed by atoms with Gasteiger partial charge in [-0.1, -0.05) is 78.7 Å². The van der Waals surface area contributed by atoms with Crippen molar-refractivity contribution >= 4 is 33.9 Å². The van der Waals surface area contributed by atoms with Crippen LogP contribution in [0.1, 0.15) is 62.0 Å². The summed E-state index contributed by atoms with van der Waals surface area (Å²) in [6.07, 6.45) is 9.42. The number of thioether (sulfide) groups is 1. The highest BCUT2D eigenvalue weighted by Crippen LogP contribution is 2.63. The van der Waals surface area contributed by atoms with Gasteiger partial charge in [-0.25, -0.2) is 0 Å². The number of benzene rings is 5. The summed E-state index contributed by atoms with van der Waals surface area (Å²) in [5.74, 6) is 0.867. The zero-order valence-electron chi connectivity index (χ0n) is 34.1. The minimum absolute atomic E-state index is 0.0153. The molecule has 0 saturated heterocycles. The number of nitrogens with zero attached hydrogens (tertiary/aromatic N) is 2. The Kier molecular flexibility index (Phi) is 13.5. The summed E-state index contributed by atoms with van der Waals surface area (Å²) in [4.78, 5) is 18.1. The topological polar surface area (TPSA) is 133 Å². The molecule has 2 aliphatic carbocycles. The van der Waals surface area contributed by atoms with Gasteiger partial charge in [0.05, 0.1) is 28.4 Å². The normalized spacial score (nSPS) is 23.3. The largest absolute Gasteiger partial charge is 0.460 e. The first-order chi connectivity index (χ1) is 29.9. The summed E-state index contributed by atoms with van der Waals surface area (Å²) in [5, 5.41) is 38.0. The van der Waals surface area contributed by atoms with Crippen molar-refractivity contribution in [2.45, 2.75) is 73.4 Å². The summed E-state index contributed by atoms with van der Waals surface area (Å²) in [6, 6.07) is 37.0. The van der Waals surface area contributed by atoms with E-state index in [0.717, 1.165) is 75.3 Å². The SMILES string of the molecule is C=CCO[C@@]12Oc3ccc(Oc4ccc5ccccc5c4)cc3[C@H]3[C@H](CCCCO)[C@@H](CCCCO)C=C(C(=NOCc4ccc([N+](=O)[O-])cc4)C[C@@H]1Sc1ccccc1)[C@H]32. The fourth-order valence-corrected chi connectivity index (χ4v) is 10.7. The van der Waals surface area contributed by atoms with E-state index in [1.807, 2.05) is 48.5 Å². The molecule has 1 heterocycles. The summed E-state index contributed by atoms with van der Waals surface area (Å²) < 4.78 is 21.1. The zero-order valence-corrected chi connectivity index (χ0v) is 35.0. The number of rotatable bonds is 19. The fourth-order valence-electron chi connectivity index (χ4n) is 9.42. The number of ether oxygens (including phenoxy) is 3. The van der Waals surface area contributed by atoms with Crippen LogP contribution in [0.25, 0.3) is 10.8 Å². The molecule has 0 spiro atoms. The molecule has 8 rings (SSSR count). The van der Waals surface area contributed by atoms with Crippen LogP contribution in [0, 0.1) is 27.9 Å². The van der Waals surface area contributed by atoms with Crippen LogP contribution >= 0.6 is 11.8 Å². The van der Waals surface area contributed by atoms with Crippen molar-refractivity contribution in [1.29, 1.82) is 0 Å². The van der Waals surface area contributed by atoms with E-state index in [1.165, 1.54) is 12.1 Å². The van der Waals surface area contributed by atoms with Crippen LogP contribution in [0.5, 0.6) is 17.2 Å². The molecule has 1 saturated carbocycles. The second kappa shape index (κ2) is 19.5. The molecule has 61 heavy (non-hydrogen) atoms. The van der Waals surface area contributed by atoms with Crippen LogP contribution in [0.4, 0.5) is 5.69 Å². The molecule has 316 valence electrons. The first-order valence-electron chi connectivity index (χ1n) is 21.2. The maximum atomic E-state index is 11.3. The molecule has 1 fully saturated rings. The summed E-state index contributed by atoms with van der Waals surface area (Å²) >= 11 is 1.70. The molecule has 3 aliphatic rings. The second-order valence-corrected chi connectivity index (χ2v) is 17.3. The molecular weight excluding hydrogens is 789 g/mol. The molecule has 0 radical (unpaired) electrons. The van der Waals surface area contributed by atoms with Crippen LogP contribution in [-0.2, 0) is 16.2 Å². The van der Waals surface area contributed by atoms with Gasteiger partial charge < -0.3 is 29.3 Å². The monoisotopic (exact) mass is 840 g/mol. The molecule has 10 nitrogen and oxygen atoms in total. The van der Waals surface area contributed by atoms with Crippen molar-refractivity contribution < 1.29 is 34.2 Å². The summed E-state index contributed by atoms with van der Waals surface area (Å²) in [6.45, 7) is 4.69. The molecule has 11 heteroatoms. The number of hydrogen-bond donors (Lipinski definition) is 2. The predicted molar refractivity (Wildman–Crippen MR) is 239 cm³/mol. The molecule has 5 aromatic carbocycles. The minimum Gasteiger partial charge on any atom is -0.460 e. The number of oxime groups is 1. The van der Waals surface area contributed by atoms with Gasteiger partial charge >= 0.3 is 0 Å². The lowest BCUT2D eigenvalue weighted by atomic mass is 9.56. The predicted octanol–water partition coefficient (Wildman–Crippen LogP) is 11.2. The smallest absolute Gasteiger partial charge is 0.269 e. The Morgan fingerprint density at radius 1 is 0.869 bits per heavy atom. The van der Waals surface area contributed by atoms with E-state index < -0.39 is 10.7 Å². The molecule has 6 atom stereocenters. The highest BCUT2D eigenvalue weighted by molar-refractivity contribution is 8.00. The minimum atomic E-state index is -1.14. The number of allylic oxidation sites excluding steroid dienone is 1. The Morgan fingerprint density at radius 2 is 1.59 bits per heavy atom. The molecule has 2 N–H and O–H groups in total. The second-order valence-electron chi connectivity index (χ2n) is 16.0. The van der Waals surface area contributed by atoms with E-state index in [1.54, 1.807) is 30.0 Å². The molecular formula is C50H52N2O8S. The van der Waals surface area contributed by atoms with Gasteiger partial charge in [0.15, 0.2) is 0 Å². The number of nitro groups is 1. The number of aliphatic hydroxyl groups is 2. The third kappa shape index (κ3) is 9.26. The van der Waals surface area contributed by atoms with E-state index in [0.29, 0.717) is 25.0 Å². The van der Waals surface area contributed by atoms with Crippen molar-refractivity contribution in [3.63, 3.8) is 0 Å². The van der Waals surface area contributed by atoms with Crippen molar-refractivity contribution in [3.05, 3.63) is 161 Å². The quantitative estimate of drug-likeness (QED) is 0.0361. The molecule has 1 aliphatic heterocycles. The maximum Gasteiger partial charge on any atom is 0.269 e. The Hall–Kier alpha value is -5.46. The fraction of sp³-hybridized carbons (Fsp3) is 0.340. The van der Waals surface area contributed by atoms with Crippen molar-refractivity contribution in [2.24, 2.45) is 22.9 Å². The van der Waals surface area contributed by atoms with Crippen molar-refractivity contribution in [3.8, 4) is 17.2 Å². The van der Waals surface area contributed by atoms with Gasteiger partial charge in [-0.3, -0.25) is 10.1 Å². The van der Waals surface area contributed by atoms with Gasteiger partial charge in [-0.15, -0.1) is 18.3 Å². The van der Waals surface area contributed by atoms with Gasteiger partial charge in [0.25, 0.3) is 5.69 Å². The Bertz CT molecular complexity index is 2370. The highest BCUT2D eigenvalue weighted by atomic mass is 32.2. The Balaban J connectivity index is 1.26. The van der Waals surface area contributed by atoms with E-state index in [2.05, 4.69) is 55.1 Å². The summed E-state index contributed by atoms with van der Waals surface area (Å²) in [7, 11) is 0. The molecule has 5 aromatic rings. The van der Waals surface area contributed by atoms with Crippen LogP contribution in [0.15, 0.2) is 150 Å². The van der Waals surface area contributed by atoms with E-state index in [4.69, 9.17) is 24.2 Å². The van der Waals surface area contributed by atoms with Gasteiger partial charge in [0, 0.05) is 48.1 Å². The lowest BCUT2D eigenvalue weighted by Gasteiger charge is -2.58. The third-order valence-electron chi connectivity index (χ3n) is 12.2. The molecule has 0 aromatic heterocycles. The number of nitro benzene ring substituents is 1. The van der Waals surface area contributed by atoms with Crippen LogP contribution in [0.3, 0.4) is 0 Å². The van der Waals surface area contributed by atoms with E-state index >= 15 is 0 Å². The van der Waals surface area contributed by atoms with Crippen LogP contribution < -0.4 is 9.47 Å². The Morgan fingerprint density at radius 3 is 2.34 bits per heavy atom. The molecule has 0 unspecified atom stereocenters. The number of non-ortho nitro benzene ring substituents is 1. The number of hydrogen-bond acceptors (Lipinski definition) is 10. The summed E-state index contributed by atoms with van der Waals surface area (Å²) in [5.41, 5.74) is 3.63. The average molecular weight is 841 g/mol. The number of unbranched alkanes of at least 4 members (excludes halogenated alkanes) is 2. The molecule has 0 amide bonds. The van der Waals surface area contributed by atoms with Gasteiger partial charge in [0.2, 0.25) is 5.79 Å². The van der Waals surface area contributed by atoms with Crippen LogP contribution in [-0.4, -0.2) is 51.7 Å². The number of aliphatic hydroxyl groups excluding tert-OH is 2. The molecule has 0 bridgehead atoms. The number of fused-ring (bicyclic) bond motifs is 3. The lowest BCUT2D eigenvalue weighted by molar-refractivity contribution is -0.384. The van der Waals surface area contributed by atoms with E-state index in [-0.39, 0.29) is 61.0 Å². The van der Waals surface area contributed by atoms with E-state index in [9.17, 15) is 20.3 Å². The van der Waals surface area contributed by atoms with Crippen molar-refractivity contribution in [2.75, 3.05) is 19.8 Å². The Labute approximate surface area is 361 Å². The van der Waals surface area contributed by atoms with Gasteiger partial charge in [-0.05, 0) is 114 Å². The van der Waals surface area contributed by atoms with Gasteiger partial charge in [-0.2, -0.15) is 0 Å². The standard InChI is InChI=1S/C50H52N2O8S/c1-2-28-57-50-47(61-41-15-4-3-5-16-41)32-45(51-58-33-34-18-21-38(22-19-34)52(55)56)43-30-37(14-8-10-26-53)42(17-9-11-27-54)48(49(43)50)44-31-40(24-25-46(44)60-50)59-39-23-20-35-12-6-7-13-36(35)29-39/h2-7,12-13,15-16,18-25,29-31,37,42,47-49,53-54H,1,8-11,14,17,26-28,32-33H2/t37-,42+,47-,48+,49+,50+/m0/s1.